The summed E-state index contributed by atoms with van der Waals surface area (Å²) < 4.78 is 0. The Hall–Kier alpha value is -1.97. The van der Waals surface area contributed by atoms with Crippen LogP contribution in [0.5, 0.6) is 0 Å². The van der Waals surface area contributed by atoms with Gasteiger partial charge in [-0.1, -0.05) is 12.1 Å². The smallest absolute Gasteiger partial charge is 0.0886 e. The van der Waals surface area contributed by atoms with Gasteiger partial charge in [-0.25, -0.2) is 0 Å². The summed E-state index contributed by atoms with van der Waals surface area (Å²) in [4.78, 5) is 16.6. The van der Waals surface area contributed by atoms with E-state index in [1.165, 1.54) is 0 Å². The van der Waals surface area contributed by atoms with E-state index in [1.807, 2.05) is 36.4 Å². The van der Waals surface area contributed by atoms with E-state index < -0.39 is 5.09 Å². The molecular formula is C10H8CrN3O3-. The molecule has 2 rings (SSSR count). The molecule has 2 aromatic rings. The molecule has 0 fully saturated rings. The van der Waals surface area contributed by atoms with E-state index in [0.29, 0.717) is 0 Å². The molecule has 0 amide bonds. The van der Waals surface area contributed by atoms with Gasteiger partial charge >= 0.3 is 0 Å². The van der Waals surface area contributed by atoms with Crippen molar-refractivity contribution in [1.82, 2.24) is 9.97 Å². The van der Waals surface area contributed by atoms with E-state index >= 15 is 0 Å². The molecule has 0 N–H and O–H groups in total. The summed E-state index contributed by atoms with van der Waals surface area (Å²) in [6.07, 6.45) is 3.54. The summed E-state index contributed by atoms with van der Waals surface area (Å²) in [5.74, 6) is 0. The molecule has 0 saturated heterocycles. The molecule has 0 unspecified atom stereocenters. The first-order chi connectivity index (χ1) is 7.70. The van der Waals surface area contributed by atoms with E-state index in [9.17, 15) is 0 Å². The minimum atomic E-state index is -1.75. The van der Waals surface area contributed by atoms with Gasteiger partial charge in [0.1, 0.15) is 0 Å². The van der Waals surface area contributed by atoms with Crippen LogP contribution in [0.25, 0.3) is 11.4 Å². The van der Waals surface area contributed by atoms with E-state index in [4.69, 9.17) is 15.3 Å². The molecule has 0 aliphatic rings. The molecule has 0 aliphatic carbocycles. The Morgan fingerprint density at radius 1 is 0.882 bits per heavy atom. The van der Waals surface area contributed by atoms with Crippen LogP contribution in [0.1, 0.15) is 0 Å². The number of pyridine rings is 2. The molecule has 0 aliphatic heterocycles. The summed E-state index contributed by atoms with van der Waals surface area (Å²) in [5.41, 5.74) is 1.83. The number of aromatic nitrogens is 2. The van der Waals surface area contributed by atoms with Gasteiger partial charge in [0.2, 0.25) is 0 Å². The molecule has 88 valence electrons. The topological polar surface area (TPSA) is 92.0 Å². The predicted molar refractivity (Wildman–Crippen MR) is 57.8 cm³/mol. The average Bonchev–Trinajstić information content (AvgIpc) is 2.31. The summed E-state index contributed by atoms with van der Waals surface area (Å²) in [5, 5.41) is 14.8. The maximum Gasteiger partial charge on any atom is 0.0886 e. The van der Waals surface area contributed by atoms with Crippen molar-refractivity contribution in [2.45, 2.75) is 0 Å². The molecule has 0 saturated carbocycles. The maximum atomic E-state index is 8.25. The molecule has 17 heavy (non-hydrogen) atoms. The third-order valence-electron chi connectivity index (χ3n) is 1.59. The number of rotatable bonds is 1. The minimum absolute atomic E-state index is 0. The Balaban J connectivity index is 0.000000453. The first kappa shape index (κ1) is 15.0. The molecule has 7 heteroatoms. The van der Waals surface area contributed by atoms with Crippen molar-refractivity contribution in [3.8, 4) is 11.4 Å². The van der Waals surface area contributed by atoms with E-state index in [-0.39, 0.29) is 17.4 Å². The number of nitrogens with zero attached hydrogens (tertiary/aromatic N) is 3. The average molecular weight is 270 g/mol. The van der Waals surface area contributed by atoms with Crippen LogP contribution in [0.2, 0.25) is 0 Å². The fourth-order valence-corrected chi connectivity index (χ4v) is 1.03. The van der Waals surface area contributed by atoms with Crippen LogP contribution < -0.4 is 0 Å². The maximum absolute atomic E-state index is 8.25. The van der Waals surface area contributed by atoms with Crippen LogP contribution in [0.4, 0.5) is 0 Å². The molecule has 2 heterocycles. The monoisotopic (exact) mass is 270 g/mol. The number of hydrogen-bond donors (Lipinski definition) is 0. The predicted octanol–water partition coefficient (Wildman–Crippen LogP) is 1.90. The zero-order valence-electron chi connectivity index (χ0n) is 8.59. The third kappa shape index (κ3) is 6.25. The second kappa shape index (κ2) is 8.22. The largest absolute Gasteiger partial charge is 0.356 e. The van der Waals surface area contributed by atoms with Crippen LogP contribution in [0.15, 0.2) is 48.8 Å². The van der Waals surface area contributed by atoms with Crippen LogP contribution in [0, 0.1) is 15.3 Å². The zero-order chi connectivity index (χ0) is 11.8. The molecule has 0 spiro atoms. The molecule has 6 nitrogen and oxygen atoms in total. The van der Waals surface area contributed by atoms with Crippen molar-refractivity contribution in [2.24, 2.45) is 0 Å². The summed E-state index contributed by atoms with van der Waals surface area (Å²) in [7, 11) is 0. The molecule has 0 bridgehead atoms. The van der Waals surface area contributed by atoms with E-state index in [2.05, 4.69) is 9.97 Å². The Morgan fingerprint density at radius 2 is 1.24 bits per heavy atom. The van der Waals surface area contributed by atoms with E-state index in [0.717, 1.165) is 11.4 Å². The van der Waals surface area contributed by atoms with Crippen molar-refractivity contribution >= 4 is 0 Å². The Kier molecular flexibility index (Phi) is 7.26. The Bertz CT molecular complexity index is 398. The van der Waals surface area contributed by atoms with E-state index in [1.54, 1.807) is 12.4 Å². The molecule has 2 aromatic heterocycles. The standard InChI is InChI=1S/C10H8N2.Cr.NO3/c1-3-7-11-9(5-1)10-6-2-4-8-12-10;;2-1(3)4/h1-8H;;/q;;-1. The van der Waals surface area contributed by atoms with Crippen molar-refractivity contribution in [3.63, 3.8) is 0 Å². The molecule has 0 atom stereocenters. The summed E-state index contributed by atoms with van der Waals surface area (Å²) in [6.45, 7) is 0. The van der Waals surface area contributed by atoms with Crippen LogP contribution in [-0.2, 0) is 17.4 Å². The molecule has 0 radical (unpaired) electrons. The van der Waals surface area contributed by atoms with Crippen molar-refractivity contribution in [3.05, 3.63) is 64.1 Å². The van der Waals surface area contributed by atoms with Crippen molar-refractivity contribution in [2.75, 3.05) is 0 Å². The summed E-state index contributed by atoms with van der Waals surface area (Å²) in [6, 6.07) is 11.6. The second-order valence-electron chi connectivity index (χ2n) is 2.65. The Morgan fingerprint density at radius 3 is 1.47 bits per heavy atom. The minimum Gasteiger partial charge on any atom is -0.356 e. The second-order valence-corrected chi connectivity index (χ2v) is 2.65. The first-order valence-electron chi connectivity index (χ1n) is 4.34. The van der Waals surface area contributed by atoms with Gasteiger partial charge in [0.25, 0.3) is 0 Å². The summed E-state index contributed by atoms with van der Waals surface area (Å²) >= 11 is 0. The van der Waals surface area contributed by atoms with Gasteiger partial charge < -0.3 is 15.3 Å². The number of hydrogen-bond acceptors (Lipinski definition) is 5. The van der Waals surface area contributed by atoms with Gasteiger partial charge in [-0.05, 0) is 24.3 Å². The quantitative estimate of drug-likeness (QED) is 0.583. The van der Waals surface area contributed by atoms with Crippen molar-refractivity contribution < 1.29 is 22.4 Å². The fourth-order valence-electron chi connectivity index (χ4n) is 1.03. The van der Waals surface area contributed by atoms with Gasteiger partial charge in [-0.3, -0.25) is 9.97 Å². The zero-order valence-corrected chi connectivity index (χ0v) is 9.87. The first-order valence-corrected chi connectivity index (χ1v) is 4.34. The van der Waals surface area contributed by atoms with Crippen LogP contribution in [0.3, 0.4) is 0 Å². The molecule has 0 aromatic carbocycles. The van der Waals surface area contributed by atoms with Gasteiger partial charge in [-0.15, -0.1) is 0 Å². The molecular weight excluding hydrogens is 262 g/mol. The van der Waals surface area contributed by atoms with Gasteiger partial charge in [0.05, 0.1) is 16.5 Å². The normalized spacial score (nSPS) is 8.24. The van der Waals surface area contributed by atoms with Gasteiger partial charge in [0, 0.05) is 29.8 Å². The van der Waals surface area contributed by atoms with Crippen LogP contribution >= 0.6 is 0 Å². The fraction of sp³-hybridized carbons (Fsp3) is 0. The Labute approximate surface area is 108 Å². The van der Waals surface area contributed by atoms with Gasteiger partial charge in [0.15, 0.2) is 0 Å². The third-order valence-corrected chi connectivity index (χ3v) is 1.59. The SMILES string of the molecule is O=[N+]([O-])[O-].[Cr].c1ccc(-c2ccccn2)nc1. The van der Waals surface area contributed by atoms with Crippen molar-refractivity contribution in [1.29, 1.82) is 0 Å². The van der Waals surface area contributed by atoms with Gasteiger partial charge in [-0.2, -0.15) is 0 Å². The van der Waals surface area contributed by atoms with Crippen LogP contribution in [-0.4, -0.2) is 15.1 Å².